The van der Waals surface area contributed by atoms with Gasteiger partial charge in [0.05, 0.1) is 13.1 Å². The largest absolute Gasteiger partial charge is 0.480 e. The van der Waals surface area contributed by atoms with Gasteiger partial charge in [0.15, 0.2) is 0 Å². The quantitative estimate of drug-likeness (QED) is 0.832. The molecule has 0 aliphatic heterocycles. The van der Waals surface area contributed by atoms with Gasteiger partial charge in [-0.2, -0.15) is 0 Å². The zero-order chi connectivity index (χ0) is 13.7. The van der Waals surface area contributed by atoms with Gasteiger partial charge in [0.2, 0.25) is 0 Å². The molecule has 0 fully saturated rings. The summed E-state index contributed by atoms with van der Waals surface area (Å²) < 4.78 is 0. The highest BCUT2D eigenvalue weighted by Crippen LogP contribution is 2.16. The molecule has 0 aromatic heterocycles. The van der Waals surface area contributed by atoms with Crippen molar-refractivity contribution in [2.24, 2.45) is 0 Å². The molecule has 0 unspecified atom stereocenters. The maximum atomic E-state index is 10.8. The van der Waals surface area contributed by atoms with Crippen LogP contribution >= 0.6 is 0 Å². The monoisotopic (exact) mass is 253 g/mol. The Morgan fingerprint density at radius 3 is 2.63 bits per heavy atom. The first-order valence-electron chi connectivity index (χ1n) is 6.04. The molecule has 2 aromatic rings. The predicted octanol–water partition coefficient (Wildman–Crippen LogP) is 2.36. The Bertz CT molecular complexity index is 628. The van der Waals surface area contributed by atoms with Crippen LogP contribution in [0.25, 0.3) is 10.8 Å². The summed E-state index contributed by atoms with van der Waals surface area (Å²) in [4.78, 5) is 12.5. The zero-order valence-electron chi connectivity index (χ0n) is 10.5. The Kier molecular flexibility index (Phi) is 4.17. The van der Waals surface area contributed by atoms with Crippen molar-refractivity contribution in [1.82, 2.24) is 4.90 Å². The third kappa shape index (κ3) is 3.57. The van der Waals surface area contributed by atoms with Gasteiger partial charge in [0.25, 0.3) is 0 Å². The number of carbonyl (C=O) groups is 1. The number of carboxylic acid groups (broad SMARTS) is 1. The Morgan fingerprint density at radius 1 is 1.21 bits per heavy atom. The smallest absolute Gasteiger partial charge is 0.317 e. The molecule has 96 valence electrons. The molecule has 0 radical (unpaired) electrons. The summed E-state index contributed by atoms with van der Waals surface area (Å²) in [5, 5.41) is 11.2. The highest BCUT2D eigenvalue weighted by molar-refractivity contribution is 5.83. The number of fused-ring (bicyclic) bond motifs is 1. The summed E-state index contributed by atoms with van der Waals surface area (Å²) in [6.07, 6.45) is 5.26. The Morgan fingerprint density at radius 2 is 1.95 bits per heavy atom. The van der Waals surface area contributed by atoms with E-state index in [9.17, 15) is 4.79 Å². The number of rotatable bonds is 5. The summed E-state index contributed by atoms with van der Waals surface area (Å²) in [6, 6.07) is 14.2. The van der Waals surface area contributed by atoms with E-state index in [-0.39, 0.29) is 6.54 Å². The summed E-state index contributed by atoms with van der Waals surface area (Å²) in [5.74, 6) is 1.63. The third-order valence-electron chi connectivity index (χ3n) is 2.89. The van der Waals surface area contributed by atoms with E-state index in [1.54, 1.807) is 4.90 Å². The number of hydrogen-bond donors (Lipinski definition) is 1. The fourth-order valence-electron chi connectivity index (χ4n) is 2.08. The molecular weight excluding hydrogens is 238 g/mol. The molecule has 0 amide bonds. The van der Waals surface area contributed by atoms with E-state index in [0.717, 1.165) is 10.9 Å². The predicted molar refractivity (Wildman–Crippen MR) is 75.7 cm³/mol. The molecule has 0 spiro atoms. The van der Waals surface area contributed by atoms with Gasteiger partial charge in [-0.3, -0.25) is 9.69 Å². The van der Waals surface area contributed by atoms with Crippen LogP contribution in [0, 0.1) is 12.3 Å². The van der Waals surface area contributed by atoms with Crippen molar-refractivity contribution in [2.75, 3.05) is 13.1 Å². The van der Waals surface area contributed by atoms with E-state index in [1.807, 2.05) is 30.3 Å². The average molecular weight is 253 g/mol. The van der Waals surface area contributed by atoms with E-state index < -0.39 is 5.97 Å². The van der Waals surface area contributed by atoms with Gasteiger partial charge in [-0.05, 0) is 22.4 Å². The average Bonchev–Trinajstić information content (AvgIpc) is 2.38. The lowest BCUT2D eigenvalue weighted by atomic mass is 10.1. The van der Waals surface area contributed by atoms with Crippen LogP contribution in [0.3, 0.4) is 0 Å². The van der Waals surface area contributed by atoms with Crippen LogP contribution in [0.1, 0.15) is 5.56 Å². The van der Waals surface area contributed by atoms with E-state index >= 15 is 0 Å². The van der Waals surface area contributed by atoms with E-state index in [2.05, 4.69) is 18.1 Å². The lowest BCUT2D eigenvalue weighted by Crippen LogP contribution is -2.29. The van der Waals surface area contributed by atoms with Crippen LogP contribution in [-0.2, 0) is 11.3 Å². The SMILES string of the molecule is C#CCN(CC(=O)O)Cc1ccc2ccccc2c1. The Balaban J connectivity index is 2.18. The van der Waals surface area contributed by atoms with Crippen LogP contribution in [0.5, 0.6) is 0 Å². The number of benzene rings is 2. The molecule has 0 atom stereocenters. The molecule has 1 N–H and O–H groups in total. The third-order valence-corrected chi connectivity index (χ3v) is 2.89. The summed E-state index contributed by atoms with van der Waals surface area (Å²) in [6.45, 7) is 0.831. The first-order valence-corrected chi connectivity index (χ1v) is 6.04. The molecule has 2 rings (SSSR count). The lowest BCUT2D eigenvalue weighted by molar-refractivity contribution is -0.138. The van der Waals surface area contributed by atoms with Gasteiger partial charge in [-0.15, -0.1) is 6.42 Å². The van der Waals surface area contributed by atoms with E-state index in [1.165, 1.54) is 5.39 Å². The second kappa shape index (κ2) is 6.03. The molecular formula is C16H15NO2. The molecule has 0 saturated carbocycles. The zero-order valence-corrected chi connectivity index (χ0v) is 10.5. The van der Waals surface area contributed by atoms with Crippen molar-refractivity contribution in [3.05, 3.63) is 48.0 Å². The topological polar surface area (TPSA) is 40.5 Å². The van der Waals surface area contributed by atoms with Gasteiger partial charge in [0, 0.05) is 6.54 Å². The van der Waals surface area contributed by atoms with Crippen molar-refractivity contribution in [3.8, 4) is 12.3 Å². The fraction of sp³-hybridized carbons (Fsp3) is 0.188. The minimum absolute atomic E-state index is 0.0446. The minimum atomic E-state index is -0.865. The van der Waals surface area contributed by atoms with Crippen LogP contribution in [0.2, 0.25) is 0 Å². The number of hydrogen-bond acceptors (Lipinski definition) is 2. The van der Waals surface area contributed by atoms with Crippen molar-refractivity contribution in [1.29, 1.82) is 0 Å². The van der Waals surface area contributed by atoms with Gasteiger partial charge in [-0.1, -0.05) is 42.3 Å². The Hall–Kier alpha value is -2.31. The molecule has 0 aliphatic rings. The van der Waals surface area contributed by atoms with Crippen molar-refractivity contribution >= 4 is 16.7 Å². The van der Waals surface area contributed by atoms with Crippen LogP contribution in [-0.4, -0.2) is 29.1 Å². The molecule has 3 heteroatoms. The first-order chi connectivity index (χ1) is 9.19. The van der Waals surface area contributed by atoms with Gasteiger partial charge in [-0.25, -0.2) is 0 Å². The van der Waals surface area contributed by atoms with Gasteiger partial charge in [0.1, 0.15) is 0 Å². The Labute approximate surface area is 112 Å². The fourth-order valence-corrected chi connectivity index (χ4v) is 2.08. The maximum Gasteiger partial charge on any atom is 0.317 e. The molecule has 3 nitrogen and oxygen atoms in total. The minimum Gasteiger partial charge on any atom is -0.480 e. The number of aliphatic carboxylic acids is 1. The standard InChI is InChI=1S/C16H15NO2/c1-2-9-17(12-16(18)19)11-13-7-8-14-5-3-4-6-15(14)10-13/h1,3-8,10H,9,11-12H2,(H,18,19). The van der Waals surface area contributed by atoms with Crippen molar-refractivity contribution in [3.63, 3.8) is 0 Å². The van der Waals surface area contributed by atoms with Gasteiger partial charge < -0.3 is 5.11 Å². The number of terminal acetylenes is 1. The molecule has 0 saturated heterocycles. The maximum absolute atomic E-state index is 10.8. The van der Waals surface area contributed by atoms with Crippen molar-refractivity contribution in [2.45, 2.75) is 6.54 Å². The molecule has 2 aromatic carbocycles. The summed E-state index contributed by atoms with van der Waals surface area (Å²) in [7, 11) is 0. The number of carboxylic acids is 1. The van der Waals surface area contributed by atoms with Crippen molar-refractivity contribution < 1.29 is 9.90 Å². The van der Waals surface area contributed by atoms with Crippen LogP contribution in [0.4, 0.5) is 0 Å². The van der Waals surface area contributed by atoms with E-state index in [0.29, 0.717) is 13.1 Å². The van der Waals surface area contributed by atoms with E-state index in [4.69, 9.17) is 11.5 Å². The summed E-state index contributed by atoms with van der Waals surface area (Å²) >= 11 is 0. The van der Waals surface area contributed by atoms with Crippen LogP contribution < -0.4 is 0 Å². The second-order valence-electron chi connectivity index (χ2n) is 4.42. The van der Waals surface area contributed by atoms with Gasteiger partial charge >= 0.3 is 5.97 Å². The highest BCUT2D eigenvalue weighted by atomic mass is 16.4. The normalized spacial score (nSPS) is 10.5. The molecule has 0 aliphatic carbocycles. The first kappa shape index (κ1) is 13.1. The molecule has 0 bridgehead atoms. The lowest BCUT2D eigenvalue weighted by Gasteiger charge is -2.17. The summed E-state index contributed by atoms with van der Waals surface area (Å²) in [5.41, 5.74) is 1.07. The second-order valence-corrected chi connectivity index (χ2v) is 4.42. The molecule has 19 heavy (non-hydrogen) atoms. The van der Waals surface area contributed by atoms with Crippen LogP contribution in [0.15, 0.2) is 42.5 Å². The highest BCUT2D eigenvalue weighted by Gasteiger charge is 2.09. The number of nitrogens with zero attached hydrogens (tertiary/aromatic N) is 1. The molecule has 0 heterocycles.